The first kappa shape index (κ1) is 19.1. The van der Waals surface area contributed by atoms with E-state index < -0.39 is 16.0 Å². The number of sulfonamides is 1. The Bertz CT molecular complexity index is 862. The zero-order chi connectivity index (χ0) is 18.4. The van der Waals surface area contributed by atoms with Crippen LogP contribution in [0.4, 0.5) is 0 Å². The molecule has 0 aromatic heterocycles. The van der Waals surface area contributed by atoms with Crippen LogP contribution in [0.25, 0.3) is 11.1 Å². The van der Waals surface area contributed by atoms with Gasteiger partial charge in [-0.3, -0.25) is 0 Å². The number of ether oxygens (including phenoxy) is 1. The number of carboxylic acid groups (broad SMARTS) is 1. The van der Waals surface area contributed by atoms with Gasteiger partial charge >= 0.3 is 5.97 Å². The van der Waals surface area contributed by atoms with Gasteiger partial charge in [0.1, 0.15) is 0 Å². The van der Waals surface area contributed by atoms with Crippen molar-refractivity contribution in [2.45, 2.75) is 18.2 Å². The Balaban J connectivity index is 2.56. The van der Waals surface area contributed by atoms with Crippen molar-refractivity contribution in [1.82, 2.24) is 4.72 Å². The Morgan fingerprint density at radius 2 is 1.92 bits per heavy atom. The minimum absolute atomic E-state index is 0.0736. The maximum atomic E-state index is 12.5. The van der Waals surface area contributed by atoms with Gasteiger partial charge in [-0.25, -0.2) is 17.9 Å². The molecule has 0 unspecified atom stereocenters. The molecule has 0 aliphatic heterocycles. The highest BCUT2D eigenvalue weighted by Gasteiger charge is 2.18. The first-order valence-corrected chi connectivity index (χ1v) is 9.32. The summed E-state index contributed by atoms with van der Waals surface area (Å²) in [5.41, 5.74) is 2.32. The Hall–Kier alpha value is -2.22. The molecule has 0 aliphatic carbocycles. The van der Waals surface area contributed by atoms with E-state index in [-0.39, 0.29) is 23.6 Å². The van der Waals surface area contributed by atoms with Crippen LogP contribution < -0.4 is 4.72 Å². The third-order valence-electron chi connectivity index (χ3n) is 3.77. The third kappa shape index (κ3) is 4.66. The number of carbonyl (C=O) groups is 1. The van der Waals surface area contributed by atoms with E-state index in [4.69, 9.17) is 4.74 Å². The number of methoxy groups -OCH3 is 1. The second-order valence-electron chi connectivity index (χ2n) is 5.45. The Kier molecular flexibility index (Phi) is 6.30. The van der Waals surface area contributed by atoms with Crippen molar-refractivity contribution in [3.05, 3.63) is 53.6 Å². The quantitative estimate of drug-likeness (QED) is 0.703. The topological polar surface area (TPSA) is 92.7 Å². The zero-order valence-electron chi connectivity index (χ0n) is 14.2. The second-order valence-corrected chi connectivity index (χ2v) is 7.22. The van der Waals surface area contributed by atoms with Crippen LogP contribution in [0.15, 0.2) is 47.4 Å². The summed E-state index contributed by atoms with van der Waals surface area (Å²) in [6.07, 6.45) is 0.752. The van der Waals surface area contributed by atoms with Gasteiger partial charge in [0, 0.05) is 13.7 Å². The molecule has 134 valence electrons. The lowest BCUT2D eigenvalue weighted by molar-refractivity contribution is 0.0696. The molecule has 0 bridgehead atoms. The van der Waals surface area contributed by atoms with Crippen molar-refractivity contribution >= 4 is 16.0 Å². The summed E-state index contributed by atoms with van der Waals surface area (Å²) in [4.78, 5) is 11.4. The molecule has 2 N–H and O–H groups in total. The first-order chi connectivity index (χ1) is 11.9. The van der Waals surface area contributed by atoms with Gasteiger partial charge in [-0.15, -0.1) is 0 Å². The number of aromatic carboxylic acids is 1. The highest BCUT2D eigenvalue weighted by Crippen LogP contribution is 2.28. The van der Waals surface area contributed by atoms with Crippen LogP contribution in [0.5, 0.6) is 0 Å². The molecular weight excluding hydrogens is 342 g/mol. The molecule has 0 saturated carbocycles. The molecule has 0 radical (unpaired) electrons. The van der Waals surface area contributed by atoms with Gasteiger partial charge in [-0.05, 0) is 41.3 Å². The van der Waals surface area contributed by atoms with Crippen LogP contribution in [-0.2, 0) is 21.2 Å². The van der Waals surface area contributed by atoms with Gasteiger partial charge in [0.25, 0.3) is 0 Å². The van der Waals surface area contributed by atoms with Crippen LogP contribution >= 0.6 is 0 Å². The predicted octanol–water partition coefficient (Wildman–Crippen LogP) is 2.54. The molecule has 0 spiro atoms. The SMILES string of the molecule is CCc1ccccc1-c1cc(C(=O)O)cc(S(=O)(=O)NCCOC)c1. The van der Waals surface area contributed by atoms with Gasteiger partial charge in [-0.1, -0.05) is 31.2 Å². The van der Waals surface area contributed by atoms with Crippen molar-refractivity contribution in [3.8, 4) is 11.1 Å². The molecule has 7 heteroatoms. The van der Waals surface area contributed by atoms with Crippen LogP contribution in [-0.4, -0.2) is 39.8 Å². The lowest BCUT2D eigenvalue weighted by Gasteiger charge is -2.12. The smallest absolute Gasteiger partial charge is 0.335 e. The maximum absolute atomic E-state index is 12.5. The monoisotopic (exact) mass is 363 g/mol. The van der Waals surface area contributed by atoms with Crippen LogP contribution in [0, 0.1) is 0 Å². The molecular formula is C18H21NO5S. The number of nitrogens with one attached hydrogen (secondary N) is 1. The normalized spacial score (nSPS) is 11.4. The summed E-state index contributed by atoms with van der Waals surface area (Å²) in [5.74, 6) is -1.18. The van der Waals surface area contributed by atoms with Crippen molar-refractivity contribution < 1.29 is 23.1 Å². The number of benzene rings is 2. The van der Waals surface area contributed by atoms with E-state index >= 15 is 0 Å². The lowest BCUT2D eigenvalue weighted by atomic mass is 9.97. The fourth-order valence-corrected chi connectivity index (χ4v) is 3.59. The molecule has 0 fully saturated rings. The van der Waals surface area contributed by atoms with Gasteiger partial charge in [0.2, 0.25) is 10.0 Å². The molecule has 0 saturated heterocycles. The minimum Gasteiger partial charge on any atom is -0.478 e. The number of hydrogen-bond donors (Lipinski definition) is 2. The van der Waals surface area contributed by atoms with E-state index in [1.807, 2.05) is 31.2 Å². The molecule has 6 nitrogen and oxygen atoms in total. The van der Waals surface area contributed by atoms with E-state index in [0.717, 1.165) is 23.6 Å². The first-order valence-electron chi connectivity index (χ1n) is 7.84. The van der Waals surface area contributed by atoms with Crippen LogP contribution in [0.2, 0.25) is 0 Å². The fourth-order valence-electron chi connectivity index (χ4n) is 2.50. The van der Waals surface area contributed by atoms with Gasteiger partial charge in [0.15, 0.2) is 0 Å². The van der Waals surface area contributed by atoms with E-state index in [0.29, 0.717) is 5.56 Å². The second kappa shape index (κ2) is 8.24. The number of rotatable bonds is 8. The molecule has 0 atom stereocenters. The summed E-state index contributed by atoms with van der Waals surface area (Å²) in [7, 11) is -2.36. The molecule has 0 aliphatic rings. The minimum atomic E-state index is -3.83. The average molecular weight is 363 g/mol. The van der Waals surface area contributed by atoms with E-state index in [9.17, 15) is 18.3 Å². The summed E-state index contributed by atoms with van der Waals surface area (Å²) in [6.45, 7) is 2.32. The van der Waals surface area contributed by atoms with Crippen molar-refractivity contribution in [1.29, 1.82) is 0 Å². The van der Waals surface area contributed by atoms with Gasteiger partial charge < -0.3 is 9.84 Å². The molecule has 2 aromatic rings. The maximum Gasteiger partial charge on any atom is 0.335 e. The largest absolute Gasteiger partial charge is 0.478 e. The number of carboxylic acids is 1. The van der Waals surface area contributed by atoms with Crippen molar-refractivity contribution in [2.75, 3.05) is 20.3 Å². The Labute approximate surface area is 147 Å². The molecule has 25 heavy (non-hydrogen) atoms. The molecule has 2 rings (SSSR count). The van der Waals surface area contributed by atoms with Gasteiger partial charge in [-0.2, -0.15) is 0 Å². The lowest BCUT2D eigenvalue weighted by Crippen LogP contribution is -2.27. The standard InChI is InChI=1S/C18H21NO5S/c1-3-13-6-4-5-7-17(13)14-10-15(18(20)21)12-16(11-14)25(22,23)19-8-9-24-2/h4-7,10-12,19H,3,8-9H2,1-2H3,(H,20,21). The van der Waals surface area contributed by atoms with E-state index in [1.165, 1.54) is 19.2 Å². The molecule has 2 aromatic carbocycles. The Morgan fingerprint density at radius 1 is 1.20 bits per heavy atom. The number of hydrogen-bond acceptors (Lipinski definition) is 4. The van der Waals surface area contributed by atoms with Crippen LogP contribution in [0.3, 0.4) is 0 Å². The zero-order valence-corrected chi connectivity index (χ0v) is 15.0. The van der Waals surface area contributed by atoms with E-state index in [2.05, 4.69) is 4.72 Å². The molecule has 0 heterocycles. The van der Waals surface area contributed by atoms with Crippen LogP contribution in [0.1, 0.15) is 22.8 Å². The average Bonchev–Trinajstić information content (AvgIpc) is 2.61. The summed E-state index contributed by atoms with van der Waals surface area (Å²) < 4.78 is 32.2. The van der Waals surface area contributed by atoms with Gasteiger partial charge in [0.05, 0.1) is 17.1 Å². The summed E-state index contributed by atoms with van der Waals surface area (Å²) >= 11 is 0. The fraction of sp³-hybridized carbons (Fsp3) is 0.278. The van der Waals surface area contributed by atoms with E-state index in [1.54, 1.807) is 0 Å². The highest BCUT2D eigenvalue weighted by molar-refractivity contribution is 7.89. The van der Waals surface area contributed by atoms with Crippen molar-refractivity contribution in [3.63, 3.8) is 0 Å². The highest BCUT2D eigenvalue weighted by atomic mass is 32.2. The third-order valence-corrected chi connectivity index (χ3v) is 5.21. The predicted molar refractivity (Wildman–Crippen MR) is 95.3 cm³/mol. The van der Waals surface area contributed by atoms with Crippen molar-refractivity contribution in [2.24, 2.45) is 0 Å². The molecule has 0 amide bonds. The summed E-state index contributed by atoms with van der Waals surface area (Å²) in [6, 6.07) is 11.7. The Morgan fingerprint density at radius 3 is 2.56 bits per heavy atom. The number of aryl methyl sites for hydroxylation is 1. The summed E-state index contributed by atoms with van der Waals surface area (Å²) in [5, 5.41) is 9.35.